The monoisotopic (exact) mass is 364 g/mol. The number of hydrogen-bond acceptors (Lipinski definition) is 5. The van der Waals surface area contributed by atoms with Crippen LogP contribution in [0.5, 0.6) is 0 Å². The highest BCUT2D eigenvalue weighted by Gasteiger charge is 2.31. The van der Waals surface area contributed by atoms with Crippen LogP contribution in [0, 0.1) is 5.92 Å². The normalized spacial score (nSPS) is 19.0. The predicted molar refractivity (Wildman–Crippen MR) is 104 cm³/mol. The van der Waals surface area contributed by atoms with Gasteiger partial charge in [-0.05, 0) is 36.7 Å². The number of nitrogens with zero attached hydrogens (tertiary/aromatic N) is 4. The summed E-state index contributed by atoms with van der Waals surface area (Å²) < 4.78 is 1.91. The first-order valence-corrected chi connectivity index (χ1v) is 9.45. The Morgan fingerprint density at radius 2 is 2.04 bits per heavy atom. The smallest absolute Gasteiger partial charge is 0.220 e. The molecule has 27 heavy (non-hydrogen) atoms. The van der Waals surface area contributed by atoms with Crippen LogP contribution >= 0.6 is 0 Å². The number of nitrogen functional groups attached to an aromatic ring is 1. The van der Waals surface area contributed by atoms with Gasteiger partial charge in [-0.1, -0.05) is 30.3 Å². The van der Waals surface area contributed by atoms with Gasteiger partial charge in [0, 0.05) is 19.5 Å². The van der Waals surface area contributed by atoms with Crippen molar-refractivity contribution in [2.24, 2.45) is 5.92 Å². The Hall–Kier alpha value is -2.96. The predicted octanol–water partition coefficient (Wildman–Crippen LogP) is 2.50. The number of amides is 1. The molecule has 7 heteroatoms. The lowest BCUT2D eigenvalue weighted by Crippen LogP contribution is -2.36. The molecule has 0 bridgehead atoms. The van der Waals surface area contributed by atoms with Gasteiger partial charge in [0.15, 0.2) is 11.5 Å². The van der Waals surface area contributed by atoms with Crippen molar-refractivity contribution < 1.29 is 4.79 Å². The fourth-order valence-electron chi connectivity index (χ4n) is 3.76. The first-order valence-electron chi connectivity index (χ1n) is 9.45. The first-order chi connectivity index (χ1) is 13.2. The number of nitrogens with two attached hydrogens (primary N) is 1. The molecular weight excluding hydrogens is 340 g/mol. The van der Waals surface area contributed by atoms with Crippen LogP contribution in [0.2, 0.25) is 0 Å². The molecule has 2 unspecified atom stereocenters. The Morgan fingerprint density at radius 1 is 1.19 bits per heavy atom. The second-order valence-corrected chi connectivity index (χ2v) is 7.13. The first kappa shape index (κ1) is 17.5. The number of carbonyl (C=O) groups excluding carboxylic acids is 1. The van der Waals surface area contributed by atoms with E-state index in [1.807, 2.05) is 10.6 Å². The molecule has 0 spiro atoms. The van der Waals surface area contributed by atoms with Crippen molar-refractivity contribution in [1.29, 1.82) is 0 Å². The number of aromatic nitrogens is 4. The van der Waals surface area contributed by atoms with Crippen LogP contribution < -0.4 is 11.1 Å². The summed E-state index contributed by atoms with van der Waals surface area (Å²) in [6, 6.07) is 10.6. The van der Waals surface area contributed by atoms with Crippen molar-refractivity contribution in [3.8, 4) is 0 Å². The fraction of sp³-hybridized carbons (Fsp3) is 0.400. The van der Waals surface area contributed by atoms with Crippen molar-refractivity contribution >= 4 is 22.9 Å². The van der Waals surface area contributed by atoms with Crippen molar-refractivity contribution in [2.45, 2.75) is 38.1 Å². The van der Waals surface area contributed by atoms with Crippen LogP contribution in [0.4, 0.5) is 5.82 Å². The molecule has 7 nitrogen and oxygen atoms in total. The van der Waals surface area contributed by atoms with E-state index in [9.17, 15) is 4.79 Å². The molecular formula is C20H24N6O. The van der Waals surface area contributed by atoms with Crippen molar-refractivity contribution in [3.63, 3.8) is 0 Å². The molecule has 1 fully saturated rings. The molecule has 4 rings (SSSR count). The number of rotatable bonds is 7. The Balaban J connectivity index is 1.23. The zero-order valence-corrected chi connectivity index (χ0v) is 15.2. The van der Waals surface area contributed by atoms with Gasteiger partial charge in [0.05, 0.1) is 6.33 Å². The number of anilines is 1. The van der Waals surface area contributed by atoms with Crippen LogP contribution in [0.1, 0.15) is 37.2 Å². The summed E-state index contributed by atoms with van der Waals surface area (Å²) in [7, 11) is 0. The van der Waals surface area contributed by atoms with Crippen LogP contribution in [0.25, 0.3) is 11.2 Å². The number of fused-ring (bicyclic) bond motifs is 1. The van der Waals surface area contributed by atoms with Gasteiger partial charge in [-0.15, -0.1) is 0 Å². The summed E-state index contributed by atoms with van der Waals surface area (Å²) in [6.45, 7) is 1.44. The van der Waals surface area contributed by atoms with Gasteiger partial charge < -0.3 is 15.6 Å². The quantitative estimate of drug-likeness (QED) is 0.671. The Labute approximate surface area is 158 Å². The van der Waals surface area contributed by atoms with Gasteiger partial charge in [0.25, 0.3) is 0 Å². The molecule has 2 heterocycles. The molecule has 1 amide bonds. The fourth-order valence-corrected chi connectivity index (χ4v) is 3.76. The van der Waals surface area contributed by atoms with E-state index in [1.54, 1.807) is 6.33 Å². The van der Waals surface area contributed by atoms with E-state index in [0.717, 1.165) is 13.0 Å². The highest BCUT2D eigenvalue weighted by molar-refractivity contribution is 5.81. The minimum Gasteiger partial charge on any atom is -0.382 e. The number of imidazole rings is 1. The summed E-state index contributed by atoms with van der Waals surface area (Å²) >= 11 is 0. The maximum Gasteiger partial charge on any atom is 0.220 e. The minimum atomic E-state index is 0.104. The van der Waals surface area contributed by atoms with Gasteiger partial charge in [-0.2, -0.15) is 0 Å². The molecule has 1 saturated carbocycles. The van der Waals surface area contributed by atoms with Gasteiger partial charge >= 0.3 is 0 Å². The summed E-state index contributed by atoms with van der Waals surface area (Å²) in [5.41, 5.74) is 8.50. The number of hydrogen-bond donors (Lipinski definition) is 2. The van der Waals surface area contributed by atoms with E-state index in [0.29, 0.717) is 41.8 Å². The largest absolute Gasteiger partial charge is 0.382 e. The zero-order valence-electron chi connectivity index (χ0n) is 15.2. The molecule has 3 N–H and O–H groups in total. The van der Waals surface area contributed by atoms with Crippen LogP contribution in [-0.2, 0) is 11.3 Å². The summed E-state index contributed by atoms with van der Waals surface area (Å²) in [4.78, 5) is 24.6. The molecule has 1 aliphatic carbocycles. The third-order valence-corrected chi connectivity index (χ3v) is 5.44. The Morgan fingerprint density at radius 3 is 2.81 bits per heavy atom. The van der Waals surface area contributed by atoms with Gasteiger partial charge in [-0.25, -0.2) is 15.0 Å². The molecule has 0 saturated heterocycles. The second-order valence-electron chi connectivity index (χ2n) is 7.13. The standard InChI is InChI=1S/C20H24N6O/c21-19-18-20(24-12-23-19)26(13-25-18)10-4-7-17(27)22-11-15-8-9-16(15)14-5-2-1-3-6-14/h1-3,5-6,12-13,15-16H,4,7-11H2,(H,22,27)(H2,21,23,24). The van der Waals surface area contributed by atoms with Crippen LogP contribution in [-0.4, -0.2) is 32.0 Å². The molecule has 2 atom stereocenters. The topological polar surface area (TPSA) is 98.7 Å². The summed E-state index contributed by atoms with van der Waals surface area (Å²) in [6.07, 6.45) is 6.75. The van der Waals surface area contributed by atoms with E-state index in [1.165, 1.54) is 24.7 Å². The van der Waals surface area contributed by atoms with Crippen molar-refractivity contribution in [3.05, 3.63) is 48.5 Å². The van der Waals surface area contributed by atoms with Gasteiger partial charge in [0.2, 0.25) is 5.91 Å². The van der Waals surface area contributed by atoms with Gasteiger partial charge in [-0.3, -0.25) is 4.79 Å². The highest BCUT2D eigenvalue weighted by Crippen LogP contribution is 2.41. The second kappa shape index (κ2) is 7.73. The van der Waals surface area contributed by atoms with Crippen molar-refractivity contribution in [2.75, 3.05) is 12.3 Å². The lowest BCUT2D eigenvalue weighted by atomic mass is 9.70. The molecule has 3 aromatic rings. The maximum atomic E-state index is 12.2. The SMILES string of the molecule is Nc1ncnc2c1ncn2CCCC(=O)NCC1CCC1c1ccccc1. The van der Waals surface area contributed by atoms with Crippen LogP contribution in [0.3, 0.4) is 0 Å². The van der Waals surface area contributed by atoms with E-state index < -0.39 is 0 Å². The molecule has 2 aromatic heterocycles. The molecule has 140 valence electrons. The maximum absolute atomic E-state index is 12.2. The number of carbonyl (C=O) groups is 1. The zero-order chi connectivity index (χ0) is 18.6. The van der Waals surface area contributed by atoms with Gasteiger partial charge in [0.1, 0.15) is 11.8 Å². The number of nitrogens with one attached hydrogen (secondary N) is 1. The lowest BCUT2D eigenvalue weighted by Gasteiger charge is -2.37. The molecule has 1 aromatic carbocycles. The minimum absolute atomic E-state index is 0.104. The van der Waals surface area contributed by atoms with Crippen molar-refractivity contribution in [1.82, 2.24) is 24.8 Å². The van der Waals surface area contributed by atoms with Crippen LogP contribution in [0.15, 0.2) is 43.0 Å². The number of aryl methyl sites for hydroxylation is 1. The van der Waals surface area contributed by atoms with E-state index in [4.69, 9.17) is 5.73 Å². The summed E-state index contributed by atoms with van der Waals surface area (Å²) in [5, 5.41) is 3.10. The third-order valence-electron chi connectivity index (χ3n) is 5.44. The molecule has 0 radical (unpaired) electrons. The number of benzene rings is 1. The average Bonchev–Trinajstić information content (AvgIpc) is 3.06. The molecule has 0 aliphatic heterocycles. The highest BCUT2D eigenvalue weighted by atomic mass is 16.1. The lowest BCUT2D eigenvalue weighted by molar-refractivity contribution is -0.121. The molecule has 1 aliphatic rings. The van der Waals surface area contributed by atoms with E-state index in [2.05, 4.69) is 44.5 Å². The summed E-state index contributed by atoms with van der Waals surface area (Å²) in [5.74, 6) is 1.61. The Bertz CT molecular complexity index is 923. The van der Waals surface area contributed by atoms with E-state index in [-0.39, 0.29) is 5.91 Å². The average molecular weight is 364 g/mol. The van der Waals surface area contributed by atoms with E-state index >= 15 is 0 Å². The Kier molecular flexibility index (Phi) is 5.00. The third kappa shape index (κ3) is 3.77.